The van der Waals surface area contributed by atoms with Gasteiger partial charge in [-0.3, -0.25) is 4.79 Å². The number of benzene rings is 2. The van der Waals surface area contributed by atoms with Gasteiger partial charge in [0.2, 0.25) is 0 Å². The average Bonchev–Trinajstić information content (AvgIpc) is 2.41. The first-order valence-corrected chi connectivity index (χ1v) is 8.36. The van der Waals surface area contributed by atoms with E-state index in [2.05, 4.69) is 5.32 Å². The molecule has 0 bridgehead atoms. The van der Waals surface area contributed by atoms with Gasteiger partial charge in [0.05, 0.1) is 10.6 Å². The Balaban J connectivity index is 2.40. The van der Waals surface area contributed by atoms with Crippen LogP contribution in [0, 0.1) is 13.8 Å². The molecule has 5 heteroatoms. The van der Waals surface area contributed by atoms with E-state index in [0.717, 1.165) is 17.4 Å². The van der Waals surface area contributed by atoms with Crippen LogP contribution < -0.4 is 5.32 Å². The van der Waals surface area contributed by atoms with Crippen molar-refractivity contribution in [3.8, 4) is 0 Å². The Bertz CT molecular complexity index is 795. The number of amides is 1. The largest absolute Gasteiger partial charge is 0.321 e. The van der Waals surface area contributed by atoms with Crippen molar-refractivity contribution in [2.24, 2.45) is 0 Å². The third-order valence-electron chi connectivity index (χ3n) is 3.38. The van der Waals surface area contributed by atoms with Crippen molar-refractivity contribution in [1.29, 1.82) is 0 Å². The van der Waals surface area contributed by atoms with Gasteiger partial charge >= 0.3 is 0 Å². The monoisotopic (exact) mass is 303 g/mol. The van der Waals surface area contributed by atoms with Crippen LogP contribution in [0.2, 0.25) is 0 Å². The molecule has 2 aromatic carbocycles. The SMILES string of the molecule is Cc1cccc(C(=O)Nc2ccccc2S(C)(=O)=O)c1C. The number of hydrogen-bond donors (Lipinski definition) is 1. The zero-order valence-electron chi connectivity index (χ0n) is 12.2. The molecule has 2 aromatic rings. The lowest BCUT2D eigenvalue weighted by Crippen LogP contribution is -2.16. The van der Waals surface area contributed by atoms with Crippen LogP contribution in [0.4, 0.5) is 5.69 Å². The smallest absolute Gasteiger partial charge is 0.255 e. The van der Waals surface area contributed by atoms with Crippen molar-refractivity contribution in [3.05, 3.63) is 59.2 Å². The zero-order valence-corrected chi connectivity index (χ0v) is 13.0. The minimum atomic E-state index is -3.39. The molecule has 1 N–H and O–H groups in total. The maximum Gasteiger partial charge on any atom is 0.255 e. The maximum atomic E-state index is 12.4. The predicted octanol–water partition coefficient (Wildman–Crippen LogP) is 2.96. The number of sulfone groups is 1. The predicted molar refractivity (Wildman–Crippen MR) is 83.4 cm³/mol. The van der Waals surface area contributed by atoms with Crippen LogP contribution in [0.3, 0.4) is 0 Å². The van der Waals surface area contributed by atoms with Crippen LogP contribution >= 0.6 is 0 Å². The maximum absolute atomic E-state index is 12.4. The molecule has 0 fully saturated rings. The number of carbonyl (C=O) groups is 1. The summed E-state index contributed by atoms with van der Waals surface area (Å²) in [6.07, 6.45) is 1.12. The van der Waals surface area contributed by atoms with E-state index in [4.69, 9.17) is 0 Å². The molecule has 1 amide bonds. The summed E-state index contributed by atoms with van der Waals surface area (Å²) in [5.41, 5.74) is 2.73. The number of rotatable bonds is 3. The standard InChI is InChI=1S/C16H17NO3S/c1-11-7-6-8-13(12(11)2)16(18)17-14-9-4-5-10-15(14)21(3,19)20/h4-10H,1-3H3,(H,17,18). The fraction of sp³-hybridized carbons (Fsp3) is 0.188. The third-order valence-corrected chi connectivity index (χ3v) is 4.54. The van der Waals surface area contributed by atoms with E-state index >= 15 is 0 Å². The van der Waals surface area contributed by atoms with Crippen molar-refractivity contribution in [1.82, 2.24) is 0 Å². The summed E-state index contributed by atoms with van der Waals surface area (Å²) in [5.74, 6) is -0.313. The highest BCUT2D eigenvalue weighted by Crippen LogP contribution is 2.22. The highest BCUT2D eigenvalue weighted by Gasteiger charge is 2.16. The molecule has 0 aliphatic carbocycles. The van der Waals surface area contributed by atoms with Gasteiger partial charge in [-0.05, 0) is 43.2 Å². The first kappa shape index (κ1) is 15.3. The molecule has 0 radical (unpaired) electrons. The molecule has 0 spiro atoms. The number of carbonyl (C=O) groups excluding carboxylic acids is 1. The molecule has 0 atom stereocenters. The Morgan fingerprint density at radius 3 is 2.33 bits per heavy atom. The van der Waals surface area contributed by atoms with Gasteiger partial charge in [-0.1, -0.05) is 24.3 Å². The molecule has 2 rings (SSSR count). The number of hydrogen-bond acceptors (Lipinski definition) is 3. The Hall–Kier alpha value is -2.14. The normalized spacial score (nSPS) is 11.2. The lowest BCUT2D eigenvalue weighted by molar-refractivity contribution is 0.102. The summed E-state index contributed by atoms with van der Waals surface area (Å²) < 4.78 is 23.5. The molecule has 0 heterocycles. The number of aryl methyl sites for hydroxylation is 1. The van der Waals surface area contributed by atoms with Crippen molar-refractivity contribution in [2.45, 2.75) is 18.7 Å². The lowest BCUT2D eigenvalue weighted by Gasteiger charge is -2.12. The van der Waals surface area contributed by atoms with E-state index in [0.29, 0.717) is 11.3 Å². The fourth-order valence-electron chi connectivity index (χ4n) is 2.08. The first-order valence-electron chi connectivity index (χ1n) is 6.47. The summed E-state index contributed by atoms with van der Waals surface area (Å²) in [7, 11) is -3.39. The molecule has 110 valence electrons. The summed E-state index contributed by atoms with van der Waals surface area (Å²) in [6, 6.07) is 11.8. The molecule has 21 heavy (non-hydrogen) atoms. The van der Waals surface area contributed by atoms with E-state index in [9.17, 15) is 13.2 Å². The molecular formula is C16H17NO3S. The van der Waals surface area contributed by atoms with E-state index < -0.39 is 9.84 Å². The number of anilines is 1. The average molecular weight is 303 g/mol. The number of nitrogens with one attached hydrogen (secondary N) is 1. The second kappa shape index (κ2) is 5.69. The van der Waals surface area contributed by atoms with Crippen LogP contribution in [0.15, 0.2) is 47.4 Å². The fourth-order valence-corrected chi connectivity index (χ4v) is 2.92. The van der Waals surface area contributed by atoms with Gasteiger partial charge in [-0.2, -0.15) is 0 Å². The van der Waals surface area contributed by atoms with Crippen molar-refractivity contribution in [3.63, 3.8) is 0 Å². The lowest BCUT2D eigenvalue weighted by atomic mass is 10.0. The molecular weight excluding hydrogens is 286 g/mol. The molecule has 4 nitrogen and oxygen atoms in total. The summed E-state index contributed by atoms with van der Waals surface area (Å²) >= 11 is 0. The second-order valence-electron chi connectivity index (χ2n) is 4.97. The Labute approximate surface area is 124 Å². The van der Waals surface area contributed by atoms with Gasteiger partial charge in [-0.25, -0.2) is 8.42 Å². The molecule has 0 aliphatic rings. The van der Waals surface area contributed by atoms with Crippen LogP contribution in [0.1, 0.15) is 21.5 Å². The van der Waals surface area contributed by atoms with E-state index in [1.807, 2.05) is 19.9 Å². The van der Waals surface area contributed by atoms with Gasteiger partial charge in [0.25, 0.3) is 5.91 Å². The van der Waals surface area contributed by atoms with Gasteiger partial charge in [0, 0.05) is 11.8 Å². The third kappa shape index (κ3) is 3.31. The highest BCUT2D eigenvalue weighted by molar-refractivity contribution is 7.90. The summed E-state index contributed by atoms with van der Waals surface area (Å²) in [5, 5.41) is 2.68. The van der Waals surface area contributed by atoms with Crippen LogP contribution in [-0.4, -0.2) is 20.6 Å². The second-order valence-corrected chi connectivity index (χ2v) is 6.95. The van der Waals surface area contributed by atoms with E-state index in [1.54, 1.807) is 30.3 Å². The molecule has 0 unspecified atom stereocenters. The summed E-state index contributed by atoms with van der Waals surface area (Å²) in [4.78, 5) is 12.5. The molecule has 0 aliphatic heterocycles. The van der Waals surface area contributed by atoms with Crippen LogP contribution in [0.5, 0.6) is 0 Å². The van der Waals surface area contributed by atoms with Crippen molar-refractivity contribution in [2.75, 3.05) is 11.6 Å². The van der Waals surface area contributed by atoms with Crippen molar-refractivity contribution < 1.29 is 13.2 Å². The minimum Gasteiger partial charge on any atom is -0.321 e. The quantitative estimate of drug-likeness (QED) is 0.948. The van der Waals surface area contributed by atoms with Gasteiger partial charge in [0.1, 0.15) is 0 Å². The Kier molecular flexibility index (Phi) is 4.14. The van der Waals surface area contributed by atoms with Gasteiger partial charge < -0.3 is 5.32 Å². The molecule has 0 saturated heterocycles. The van der Waals surface area contributed by atoms with Crippen LogP contribution in [0.25, 0.3) is 0 Å². The van der Waals surface area contributed by atoms with Crippen LogP contribution in [-0.2, 0) is 9.84 Å². The highest BCUT2D eigenvalue weighted by atomic mass is 32.2. The Morgan fingerprint density at radius 2 is 1.67 bits per heavy atom. The summed E-state index contributed by atoms with van der Waals surface area (Å²) in [6.45, 7) is 3.79. The first-order chi connectivity index (χ1) is 9.80. The molecule has 0 saturated carbocycles. The van der Waals surface area contributed by atoms with E-state index in [-0.39, 0.29) is 10.8 Å². The Morgan fingerprint density at radius 1 is 1.00 bits per heavy atom. The number of para-hydroxylation sites is 1. The minimum absolute atomic E-state index is 0.114. The van der Waals surface area contributed by atoms with Gasteiger partial charge in [0.15, 0.2) is 9.84 Å². The van der Waals surface area contributed by atoms with Gasteiger partial charge in [-0.15, -0.1) is 0 Å². The van der Waals surface area contributed by atoms with Crippen molar-refractivity contribution >= 4 is 21.4 Å². The topological polar surface area (TPSA) is 63.2 Å². The molecule has 0 aromatic heterocycles. The zero-order chi connectivity index (χ0) is 15.6. The van der Waals surface area contributed by atoms with E-state index in [1.165, 1.54) is 6.07 Å².